The lowest BCUT2D eigenvalue weighted by Gasteiger charge is -2.23. The minimum Gasteiger partial charge on any atom is -0.302 e. The third kappa shape index (κ3) is 6.29. The molecule has 140 valence electrons. The molecule has 0 saturated heterocycles. The molecule has 0 amide bonds. The first kappa shape index (κ1) is 23.4. The first-order chi connectivity index (χ1) is 12.0. The lowest BCUT2D eigenvalue weighted by molar-refractivity contribution is 0.292. The molecule has 0 N–H and O–H groups in total. The van der Waals surface area contributed by atoms with Gasteiger partial charge in [0.05, 0.1) is 9.79 Å². The number of rotatable bonds is 5. The van der Waals surface area contributed by atoms with Crippen LogP contribution >= 0.6 is 0 Å². The molecule has 0 heterocycles. The van der Waals surface area contributed by atoms with Crippen molar-refractivity contribution in [3.8, 4) is 0 Å². The molecule has 4 heteroatoms. The highest BCUT2D eigenvalue weighted by atomic mass is 32.2. The van der Waals surface area contributed by atoms with E-state index in [4.69, 9.17) is 0 Å². The summed E-state index contributed by atoms with van der Waals surface area (Å²) in [7, 11) is 0.639. The summed E-state index contributed by atoms with van der Waals surface area (Å²) < 4.78 is 25.0. The van der Waals surface area contributed by atoms with Gasteiger partial charge in [-0.2, -0.15) is 0 Å². The quantitative estimate of drug-likeness (QED) is 0.695. The van der Waals surface area contributed by atoms with Crippen molar-refractivity contribution < 1.29 is 8.42 Å². The number of hydrogen-bond acceptors (Lipinski definition) is 3. The average molecular weight is 364 g/mol. The Balaban J connectivity index is 0.00000134. The summed E-state index contributed by atoms with van der Waals surface area (Å²) in [6.07, 6.45) is 0.984. The molecule has 0 unspecified atom stereocenters. The summed E-state index contributed by atoms with van der Waals surface area (Å²) in [5.74, 6) is 0. The summed E-state index contributed by atoms with van der Waals surface area (Å²) in [6, 6.07) is 16.0. The monoisotopic (exact) mass is 363 g/mol. The van der Waals surface area contributed by atoms with Gasteiger partial charge in [0.1, 0.15) is 0 Å². The molecule has 0 aliphatic carbocycles. The Morgan fingerprint density at radius 1 is 0.800 bits per heavy atom. The molecule has 0 fully saturated rings. The van der Waals surface area contributed by atoms with Crippen LogP contribution < -0.4 is 0 Å². The second-order valence-electron chi connectivity index (χ2n) is 5.27. The molecule has 2 aromatic rings. The molecule has 25 heavy (non-hydrogen) atoms. The zero-order chi connectivity index (χ0) is 19.5. The summed E-state index contributed by atoms with van der Waals surface area (Å²) in [4.78, 5) is 2.81. The van der Waals surface area contributed by atoms with Crippen molar-refractivity contribution in [3.63, 3.8) is 0 Å². The lowest BCUT2D eigenvalue weighted by atomic mass is 10.0. The largest absolute Gasteiger partial charge is 0.302 e. The van der Waals surface area contributed by atoms with Gasteiger partial charge in [-0.15, -0.1) is 0 Å². The Kier molecular flexibility index (Phi) is 11.0. The van der Waals surface area contributed by atoms with Gasteiger partial charge < -0.3 is 4.90 Å². The van der Waals surface area contributed by atoms with Gasteiger partial charge in [-0.1, -0.05) is 65.0 Å². The van der Waals surface area contributed by atoms with E-state index >= 15 is 0 Å². The number of sulfone groups is 1. The van der Waals surface area contributed by atoms with Gasteiger partial charge in [-0.3, -0.25) is 0 Å². The van der Waals surface area contributed by atoms with Gasteiger partial charge in [-0.05, 0) is 50.3 Å². The molecule has 0 aliphatic heterocycles. The molecule has 2 rings (SSSR count). The maximum absolute atomic E-state index is 12.5. The Morgan fingerprint density at radius 3 is 1.64 bits per heavy atom. The van der Waals surface area contributed by atoms with E-state index in [1.807, 2.05) is 60.0 Å². The zero-order valence-corrected chi connectivity index (χ0v) is 17.5. The average Bonchev–Trinajstić information content (AvgIpc) is 2.66. The van der Waals surface area contributed by atoms with E-state index in [-0.39, 0.29) is 0 Å². The molecule has 0 spiro atoms. The van der Waals surface area contributed by atoms with Crippen molar-refractivity contribution in [1.82, 2.24) is 4.90 Å². The number of nitrogens with zero attached hydrogens (tertiary/aromatic N) is 1. The Morgan fingerprint density at radius 2 is 1.24 bits per heavy atom. The van der Waals surface area contributed by atoms with Crippen LogP contribution in [0.15, 0.2) is 64.4 Å². The van der Waals surface area contributed by atoms with Crippen LogP contribution in [0.2, 0.25) is 0 Å². The first-order valence-electron chi connectivity index (χ1n) is 9.03. The maximum Gasteiger partial charge on any atom is 0.206 e. The standard InChI is InChI=1S/C17H21NO2S.2C2H6/c1-4-17(18(2)3)14-10-12-16(13-11-14)21(19,20)15-8-6-5-7-9-15;2*1-2/h5-13,17H,4H2,1-3H3;2*1-2H3/t17-;;/m1../s1. The van der Waals surface area contributed by atoms with Crippen LogP contribution in [0.5, 0.6) is 0 Å². The van der Waals surface area contributed by atoms with E-state index in [0.29, 0.717) is 15.8 Å². The molecule has 0 radical (unpaired) electrons. The van der Waals surface area contributed by atoms with Gasteiger partial charge in [-0.25, -0.2) is 8.42 Å². The molecule has 0 bridgehead atoms. The number of benzene rings is 2. The van der Waals surface area contributed by atoms with Crippen LogP contribution in [0.1, 0.15) is 52.6 Å². The Bertz CT molecular complexity index is 678. The van der Waals surface area contributed by atoms with Crippen LogP contribution in [0.4, 0.5) is 0 Å². The summed E-state index contributed by atoms with van der Waals surface area (Å²) in [5, 5.41) is 0. The second-order valence-corrected chi connectivity index (χ2v) is 7.22. The summed E-state index contributed by atoms with van der Waals surface area (Å²) >= 11 is 0. The second kappa shape index (κ2) is 11.8. The molecular formula is C21H33NO2S. The highest BCUT2D eigenvalue weighted by Gasteiger charge is 2.18. The molecule has 1 atom stereocenters. The van der Waals surface area contributed by atoms with Crippen LogP contribution in [-0.4, -0.2) is 27.4 Å². The summed E-state index contributed by atoms with van der Waals surface area (Å²) in [5.41, 5.74) is 1.13. The molecule has 2 aromatic carbocycles. The van der Waals surface area contributed by atoms with E-state index in [9.17, 15) is 8.42 Å². The van der Waals surface area contributed by atoms with Crippen molar-refractivity contribution in [2.45, 2.75) is 56.9 Å². The predicted molar refractivity (Wildman–Crippen MR) is 108 cm³/mol. The summed E-state index contributed by atoms with van der Waals surface area (Å²) in [6.45, 7) is 10.1. The van der Waals surface area contributed by atoms with Crippen molar-refractivity contribution in [1.29, 1.82) is 0 Å². The fourth-order valence-electron chi connectivity index (χ4n) is 2.50. The van der Waals surface area contributed by atoms with Gasteiger partial charge >= 0.3 is 0 Å². The molecule has 0 saturated carbocycles. The van der Waals surface area contributed by atoms with Crippen LogP contribution in [0.3, 0.4) is 0 Å². The highest BCUT2D eigenvalue weighted by Crippen LogP contribution is 2.25. The van der Waals surface area contributed by atoms with E-state index in [1.165, 1.54) is 0 Å². The minimum atomic E-state index is -3.42. The van der Waals surface area contributed by atoms with Gasteiger partial charge in [0.2, 0.25) is 9.84 Å². The van der Waals surface area contributed by atoms with Crippen LogP contribution in [0, 0.1) is 0 Å². The van der Waals surface area contributed by atoms with Crippen LogP contribution in [0.25, 0.3) is 0 Å². The smallest absolute Gasteiger partial charge is 0.206 e. The SMILES string of the molecule is CC.CC.CC[C@H](c1ccc(S(=O)(=O)c2ccccc2)cc1)N(C)C. The fraction of sp³-hybridized carbons (Fsp3) is 0.429. The normalized spacial score (nSPS) is 11.7. The van der Waals surface area contributed by atoms with Crippen molar-refractivity contribution in [3.05, 3.63) is 60.2 Å². The van der Waals surface area contributed by atoms with Crippen molar-refractivity contribution >= 4 is 9.84 Å². The maximum atomic E-state index is 12.5. The third-order valence-electron chi connectivity index (χ3n) is 3.64. The number of hydrogen-bond donors (Lipinski definition) is 0. The van der Waals surface area contributed by atoms with E-state index in [2.05, 4.69) is 11.8 Å². The first-order valence-corrected chi connectivity index (χ1v) is 10.5. The van der Waals surface area contributed by atoms with Gasteiger partial charge in [0, 0.05) is 6.04 Å². The van der Waals surface area contributed by atoms with E-state index in [1.54, 1.807) is 36.4 Å². The van der Waals surface area contributed by atoms with Crippen molar-refractivity contribution in [2.24, 2.45) is 0 Å². The zero-order valence-electron chi connectivity index (χ0n) is 16.7. The highest BCUT2D eigenvalue weighted by molar-refractivity contribution is 7.91. The van der Waals surface area contributed by atoms with E-state index in [0.717, 1.165) is 12.0 Å². The molecular weight excluding hydrogens is 330 g/mol. The Labute approximate surface area is 154 Å². The molecule has 3 nitrogen and oxygen atoms in total. The molecule has 0 aliphatic rings. The lowest BCUT2D eigenvalue weighted by Crippen LogP contribution is -2.19. The third-order valence-corrected chi connectivity index (χ3v) is 5.42. The van der Waals surface area contributed by atoms with Gasteiger partial charge in [0.15, 0.2) is 0 Å². The van der Waals surface area contributed by atoms with Crippen LogP contribution in [-0.2, 0) is 9.84 Å². The molecule has 0 aromatic heterocycles. The topological polar surface area (TPSA) is 37.4 Å². The fourth-order valence-corrected chi connectivity index (χ4v) is 3.79. The Hall–Kier alpha value is -1.65. The van der Waals surface area contributed by atoms with Crippen molar-refractivity contribution in [2.75, 3.05) is 14.1 Å². The van der Waals surface area contributed by atoms with Gasteiger partial charge in [0.25, 0.3) is 0 Å². The minimum absolute atomic E-state index is 0.304. The predicted octanol–water partition coefficient (Wildman–Crippen LogP) is 5.58. The van der Waals surface area contributed by atoms with E-state index < -0.39 is 9.84 Å².